The molecule has 1 nitrogen and oxygen atoms in total. The number of benzene rings is 2. The summed E-state index contributed by atoms with van der Waals surface area (Å²) in [5.41, 5.74) is 4.17. The summed E-state index contributed by atoms with van der Waals surface area (Å²) in [5.74, 6) is 0. The molecule has 0 aliphatic carbocycles. The van der Waals surface area contributed by atoms with Gasteiger partial charge in [-0.3, -0.25) is 0 Å². The monoisotopic (exact) mass is 249 g/mol. The minimum Gasteiger partial charge on any atom is -0.368 e. The van der Waals surface area contributed by atoms with E-state index in [1.54, 1.807) is 0 Å². The molecule has 0 saturated heterocycles. The van der Waals surface area contributed by atoms with Crippen LogP contribution in [-0.4, -0.2) is 13.1 Å². The molecule has 0 aromatic heterocycles. The van der Waals surface area contributed by atoms with Gasteiger partial charge in [-0.2, -0.15) is 0 Å². The summed E-state index contributed by atoms with van der Waals surface area (Å²) in [7, 11) is 0. The van der Waals surface area contributed by atoms with Crippen LogP contribution in [0.1, 0.15) is 17.5 Å². The summed E-state index contributed by atoms with van der Waals surface area (Å²) in [4.78, 5) is 2.47. The first-order valence-electron chi connectivity index (χ1n) is 6.98. The van der Waals surface area contributed by atoms with Crippen LogP contribution >= 0.6 is 0 Å². The molecule has 0 bridgehead atoms. The molecule has 0 atom stereocenters. The van der Waals surface area contributed by atoms with Gasteiger partial charge in [-0.1, -0.05) is 60.7 Å². The van der Waals surface area contributed by atoms with Crippen molar-refractivity contribution in [2.24, 2.45) is 0 Å². The summed E-state index contributed by atoms with van der Waals surface area (Å²) in [6, 6.07) is 19.3. The molecule has 1 aliphatic rings. The van der Waals surface area contributed by atoms with Crippen molar-refractivity contribution in [3.63, 3.8) is 0 Å². The van der Waals surface area contributed by atoms with Crippen molar-refractivity contribution >= 4 is 11.8 Å². The number of fused-ring (bicyclic) bond motifs is 1. The second kappa shape index (κ2) is 5.75. The van der Waals surface area contributed by atoms with Gasteiger partial charge in [0.25, 0.3) is 0 Å². The summed E-state index contributed by atoms with van der Waals surface area (Å²) >= 11 is 0. The fraction of sp³-hybridized carbons (Fsp3) is 0.222. The first-order chi connectivity index (χ1) is 9.43. The Hall–Kier alpha value is -2.02. The zero-order chi connectivity index (χ0) is 12.9. The maximum absolute atomic E-state index is 2.47. The molecular formula is C18H19N. The molecule has 0 spiro atoms. The molecule has 0 N–H and O–H groups in total. The number of anilines is 1. The van der Waals surface area contributed by atoms with Gasteiger partial charge in [-0.25, -0.2) is 0 Å². The van der Waals surface area contributed by atoms with E-state index in [4.69, 9.17) is 0 Å². The fourth-order valence-corrected chi connectivity index (χ4v) is 2.68. The van der Waals surface area contributed by atoms with Crippen LogP contribution in [0.25, 0.3) is 6.08 Å². The Morgan fingerprint density at radius 3 is 2.63 bits per heavy atom. The van der Waals surface area contributed by atoms with Crippen LogP contribution in [0.5, 0.6) is 0 Å². The van der Waals surface area contributed by atoms with E-state index in [1.165, 1.54) is 29.7 Å². The average Bonchev–Trinajstić information content (AvgIpc) is 2.49. The van der Waals surface area contributed by atoms with Gasteiger partial charge in [0, 0.05) is 18.8 Å². The van der Waals surface area contributed by atoms with Crippen LogP contribution < -0.4 is 4.90 Å². The lowest BCUT2D eigenvalue weighted by molar-refractivity contribution is 0.723. The lowest BCUT2D eigenvalue weighted by atomic mass is 10.0. The number of nitrogens with zero attached hydrogens (tertiary/aromatic N) is 1. The normalized spacial score (nSPS) is 14.6. The molecule has 0 fully saturated rings. The molecule has 3 rings (SSSR count). The predicted molar refractivity (Wildman–Crippen MR) is 82.5 cm³/mol. The van der Waals surface area contributed by atoms with E-state index in [9.17, 15) is 0 Å². The first-order valence-corrected chi connectivity index (χ1v) is 6.98. The van der Waals surface area contributed by atoms with E-state index >= 15 is 0 Å². The van der Waals surface area contributed by atoms with Gasteiger partial charge in [0.1, 0.15) is 0 Å². The molecule has 19 heavy (non-hydrogen) atoms. The Kier molecular flexibility index (Phi) is 3.64. The Labute approximate surface area is 115 Å². The van der Waals surface area contributed by atoms with Crippen molar-refractivity contribution < 1.29 is 0 Å². The Bertz CT molecular complexity index is 557. The summed E-state index contributed by atoms with van der Waals surface area (Å²) in [5, 5.41) is 0. The molecule has 2 aromatic rings. The molecule has 0 unspecified atom stereocenters. The van der Waals surface area contributed by atoms with Gasteiger partial charge in [-0.15, -0.1) is 0 Å². The fourth-order valence-electron chi connectivity index (χ4n) is 2.68. The number of rotatable bonds is 3. The molecular weight excluding hydrogens is 230 g/mol. The van der Waals surface area contributed by atoms with Crippen molar-refractivity contribution in [2.45, 2.75) is 12.8 Å². The van der Waals surface area contributed by atoms with Crippen LogP contribution in [0.2, 0.25) is 0 Å². The second-order valence-corrected chi connectivity index (χ2v) is 4.99. The average molecular weight is 249 g/mol. The third-order valence-electron chi connectivity index (χ3n) is 3.64. The van der Waals surface area contributed by atoms with E-state index in [0.29, 0.717) is 0 Å². The molecule has 2 aromatic carbocycles. The highest BCUT2D eigenvalue weighted by molar-refractivity contribution is 5.57. The third-order valence-corrected chi connectivity index (χ3v) is 3.64. The molecule has 0 amide bonds. The van der Waals surface area contributed by atoms with Gasteiger partial charge in [0.05, 0.1) is 0 Å². The van der Waals surface area contributed by atoms with Gasteiger partial charge in [-0.05, 0) is 30.0 Å². The van der Waals surface area contributed by atoms with Crippen LogP contribution in [0.4, 0.5) is 5.69 Å². The van der Waals surface area contributed by atoms with Crippen molar-refractivity contribution in [2.75, 3.05) is 18.0 Å². The standard InChI is InChI=1S/C18H19N/c1-2-8-16(9-3-1)10-6-14-19-15-7-12-17-11-4-5-13-18(17)19/h1-6,8-11,13H,7,12,14-15H2/b10-6+. The predicted octanol–water partition coefficient (Wildman–Crippen LogP) is 4.15. The lowest BCUT2D eigenvalue weighted by Crippen LogP contribution is -2.29. The Morgan fingerprint density at radius 1 is 0.947 bits per heavy atom. The van der Waals surface area contributed by atoms with Crippen molar-refractivity contribution in [1.29, 1.82) is 0 Å². The molecule has 1 heterocycles. The van der Waals surface area contributed by atoms with Crippen molar-refractivity contribution in [3.8, 4) is 0 Å². The summed E-state index contributed by atoms with van der Waals surface area (Å²) in [6.45, 7) is 2.15. The zero-order valence-corrected chi connectivity index (χ0v) is 11.1. The van der Waals surface area contributed by atoms with Crippen LogP contribution in [0.3, 0.4) is 0 Å². The molecule has 96 valence electrons. The number of hydrogen-bond acceptors (Lipinski definition) is 1. The Balaban J connectivity index is 1.70. The van der Waals surface area contributed by atoms with Crippen molar-refractivity contribution in [1.82, 2.24) is 0 Å². The van der Waals surface area contributed by atoms with Gasteiger partial charge >= 0.3 is 0 Å². The lowest BCUT2D eigenvalue weighted by Gasteiger charge is -2.30. The quantitative estimate of drug-likeness (QED) is 0.789. The minimum atomic E-state index is 0.992. The topological polar surface area (TPSA) is 3.24 Å². The van der Waals surface area contributed by atoms with Crippen LogP contribution in [0.15, 0.2) is 60.7 Å². The van der Waals surface area contributed by atoms with Crippen LogP contribution in [0, 0.1) is 0 Å². The van der Waals surface area contributed by atoms with E-state index < -0.39 is 0 Å². The van der Waals surface area contributed by atoms with E-state index in [0.717, 1.165) is 13.1 Å². The second-order valence-electron chi connectivity index (χ2n) is 4.99. The van der Waals surface area contributed by atoms with E-state index in [1.807, 2.05) is 0 Å². The van der Waals surface area contributed by atoms with Gasteiger partial charge < -0.3 is 4.90 Å². The minimum absolute atomic E-state index is 0.992. The van der Waals surface area contributed by atoms with Crippen molar-refractivity contribution in [3.05, 3.63) is 71.8 Å². The van der Waals surface area contributed by atoms with Gasteiger partial charge in [0.15, 0.2) is 0 Å². The first kappa shape index (κ1) is 12.0. The smallest absolute Gasteiger partial charge is 0.0401 e. The Morgan fingerprint density at radius 2 is 1.74 bits per heavy atom. The summed E-state index contributed by atoms with van der Waals surface area (Å²) < 4.78 is 0. The maximum Gasteiger partial charge on any atom is 0.0401 e. The molecule has 0 saturated carbocycles. The third kappa shape index (κ3) is 2.87. The highest BCUT2D eigenvalue weighted by Gasteiger charge is 2.14. The van der Waals surface area contributed by atoms with E-state index in [2.05, 4.69) is 71.6 Å². The number of hydrogen-bond donors (Lipinski definition) is 0. The number of para-hydroxylation sites is 1. The maximum atomic E-state index is 2.47. The number of aryl methyl sites for hydroxylation is 1. The SMILES string of the molecule is C(=C\c1ccccc1)/CN1CCCc2ccccc21. The molecule has 1 heteroatoms. The highest BCUT2D eigenvalue weighted by atomic mass is 15.1. The van der Waals surface area contributed by atoms with E-state index in [-0.39, 0.29) is 0 Å². The highest BCUT2D eigenvalue weighted by Crippen LogP contribution is 2.26. The largest absolute Gasteiger partial charge is 0.368 e. The molecule has 0 radical (unpaired) electrons. The van der Waals surface area contributed by atoms with Gasteiger partial charge in [0.2, 0.25) is 0 Å². The van der Waals surface area contributed by atoms with Crippen LogP contribution in [-0.2, 0) is 6.42 Å². The summed E-state index contributed by atoms with van der Waals surface area (Å²) in [6.07, 6.45) is 6.94. The molecule has 1 aliphatic heterocycles. The zero-order valence-electron chi connectivity index (χ0n) is 11.1.